The molecular weight excluding hydrogens is 1010 g/mol. The highest BCUT2D eigenvalue weighted by Crippen LogP contribution is 2.52. The Bertz CT molecular complexity index is 2570. The van der Waals surface area contributed by atoms with Gasteiger partial charge in [-0.05, 0) is 48.9 Å². The highest BCUT2D eigenvalue weighted by atomic mass is 28.5. The van der Waals surface area contributed by atoms with Crippen molar-refractivity contribution >= 4 is 75.2 Å². The van der Waals surface area contributed by atoms with Crippen LogP contribution in [-0.4, -0.2) is 155 Å². The highest BCUT2D eigenvalue weighted by molar-refractivity contribution is 6.84. The molecule has 0 aromatic carbocycles. The molecule has 7 heterocycles. The van der Waals surface area contributed by atoms with Gasteiger partial charge in [0.2, 0.25) is 11.9 Å². The molecule has 420 valence electrons. The Morgan fingerprint density at radius 3 is 1.59 bits per heavy atom. The number of aliphatic hydroxyl groups is 2. The molecule has 4 aromatic rings. The van der Waals surface area contributed by atoms with Gasteiger partial charge in [0.1, 0.15) is 24.4 Å². The number of aromatic nitrogens is 8. The predicted molar refractivity (Wildman–Crippen MR) is 282 cm³/mol. The second-order valence-electron chi connectivity index (χ2n) is 21.2. The quantitative estimate of drug-likeness (QED) is 0.0577. The van der Waals surface area contributed by atoms with Crippen LogP contribution >= 0.6 is 0 Å². The molecular formula is C48H80F2N12O11Si2. The minimum Gasteiger partial charge on any atom is -0.449 e. The molecule has 7 rings (SSSR count). The van der Waals surface area contributed by atoms with Gasteiger partial charge in [0.05, 0.1) is 39.1 Å². The van der Waals surface area contributed by atoms with Gasteiger partial charge in [0.15, 0.2) is 57.8 Å². The number of halogens is 2. The standard InChI is InChI=1S/C30H53FN6O6Si2.C18H27FN6O5/c1-12-13-14-15-39-29(38)36(11)25-23-26(35-28(32)34-25)37(17-33-23)27-30(10,31)24-22(41-27)16-40-44(18(2)3,19(4)5)43-45(42-24,20(6)7)21(8)9;1-4-5-6-7-29-17(28)24(3)13-11-14(23-16(20)22-13)25(9-21-11)15-18(2,19)12(27)10(8-26)30-15/h17-22,24,27H,12-16H2,1-11H3,(H2,32,34,35);9-10,12,15,26-27H,4-8H2,1-3H3,(H2,20,22,23)/t22-,24-,27-,30-;10-,12-,15-,18-/m11/s1. The molecule has 3 aliphatic heterocycles. The molecule has 0 unspecified atom stereocenters. The molecule has 0 saturated carbocycles. The highest BCUT2D eigenvalue weighted by Gasteiger charge is 2.65. The summed E-state index contributed by atoms with van der Waals surface area (Å²) in [4.78, 5) is 53.2. The second kappa shape index (κ2) is 23.9. The first-order valence-corrected chi connectivity index (χ1v) is 30.0. The largest absolute Gasteiger partial charge is 0.449 e. The van der Waals surface area contributed by atoms with Crippen molar-refractivity contribution in [3.8, 4) is 0 Å². The van der Waals surface area contributed by atoms with Crippen molar-refractivity contribution in [2.24, 2.45) is 0 Å². The van der Waals surface area contributed by atoms with Crippen LogP contribution in [0.1, 0.15) is 134 Å². The molecule has 0 aliphatic carbocycles. The third kappa shape index (κ3) is 11.6. The van der Waals surface area contributed by atoms with Gasteiger partial charge < -0.3 is 53.6 Å². The number of amides is 2. The average molecular weight is 1100 g/mol. The summed E-state index contributed by atoms with van der Waals surface area (Å²) in [6, 6.07) is 0. The second-order valence-corrected chi connectivity index (χ2v) is 30.1. The normalized spacial score (nSPS) is 26.4. The van der Waals surface area contributed by atoms with Crippen LogP contribution in [0.4, 0.5) is 41.9 Å². The van der Waals surface area contributed by atoms with Crippen molar-refractivity contribution in [2.75, 3.05) is 61.8 Å². The lowest BCUT2D eigenvalue weighted by Gasteiger charge is -2.51. The molecule has 6 N–H and O–H groups in total. The molecule has 0 bridgehead atoms. The molecule has 75 heavy (non-hydrogen) atoms. The zero-order chi connectivity index (χ0) is 55.5. The Morgan fingerprint density at radius 1 is 0.747 bits per heavy atom. The van der Waals surface area contributed by atoms with Gasteiger partial charge in [-0.3, -0.25) is 18.9 Å². The van der Waals surface area contributed by atoms with E-state index in [0.717, 1.165) is 50.3 Å². The van der Waals surface area contributed by atoms with Crippen molar-refractivity contribution in [1.29, 1.82) is 0 Å². The zero-order valence-corrected chi connectivity index (χ0v) is 48.0. The van der Waals surface area contributed by atoms with Crippen LogP contribution < -0.4 is 21.3 Å². The van der Waals surface area contributed by atoms with Gasteiger partial charge >= 0.3 is 29.3 Å². The van der Waals surface area contributed by atoms with E-state index in [1.54, 1.807) is 0 Å². The predicted octanol–water partition coefficient (Wildman–Crippen LogP) is 7.90. The average Bonchev–Trinajstić information content (AvgIpc) is 4.07. The third-order valence-corrected chi connectivity index (χ3v) is 24.6. The van der Waals surface area contributed by atoms with E-state index < -0.39 is 84.1 Å². The zero-order valence-electron chi connectivity index (χ0n) is 46.0. The van der Waals surface area contributed by atoms with Crippen molar-refractivity contribution < 1.29 is 60.5 Å². The van der Waals surface area contributed by atoms with Crippen LogP contribution in [0.5, 0.6) is 0 Å². The maximum atomic E-state index is 17.4. The summed E-state index contributed by atoms with van der Waals surface area (Å²) in [6.45, 7) is 23.8. The van der Waals surface area contributed by atoms with Crippen molar-refractivity contribution in [3.63, 3.8) is 0 Å². The lowest BCUT2D eigenvalue weighted by atomic mass is 9.98. The number of nitrogens with zero attached hydrogens (tertiary/aromatic N) is 10. The molecule has 3 aliphatic rings. The number of alkyl halides is 2. The summed E-state index contributed by atoms with van der Waals surface area (Å²) in [5.41, 5.74) is 8.79. The third-order valence-electron chi connectivity index (χ3n) is 14.4. The first-order valence-electron chi connectivity index (χ1n) is 26.1. The van der Waals surface area contributed by atoms with Crippen molar-refractivity contribution in [3.05, 3.63) is 12.7 Å². The Hall–Kier alpha value is -4.75. The number of hydrogen-bond acceptors (Lipinski definition) is 19. The maximum Gasteiger partial charge on any atom is 0.415 e. The van der Waals surface area contributed by atoms with Gasteiger partial charge in [-0.1, -0.05) is 94.9 Å². The van der Waals surface area contributed by atoms with E-state index in [1.807, 2.05) is 6.92 Å². The molecule has 3 fully saturated rings. The lowest BCUT2D eigenvalue weighted by molar-refractivity contribution is -0.0594. The first-order chi connectivity index (χ1) is 35.2. The summed E-state index contributed by atoms with van der Waals surface area (Å²) >= 11 is 0. The molecule has 4 aromatic heterocycles. The smallest absolute Gasteiger partial charge is 0.415 e. The Balaban J connectivity index is 0.000000264. The van der Waals surface area contributed by atoms with E-state index in [9.17, 15) is 19.8 Å². The number of nitrogens with two attached hydrogens (primary N) is 2. The Labute approximate surface area is 439 Å². The summed E-state index contributed by atoms with van der Waals surface area (Å²) in [5, 5.41) is 19.5. The molecule has 3 saturated heterocycles. The molecule has 2 amide bonds. The van der Waals surface area contributed by atoms with Crippen LogP contribution in [0, 0.1) is 0 Å². The number of hydrogen-bond donors (Lipinski definition) is 4. The fraction of sp³-hybridized carbons (Fsp3) is 0.750. The van der Waals surface area contributed by atoms with E-state index in [1.165, 1.54) is 47.7 Å². The van der Waals surface area contributed by atoms with E-state index in [4.69, 9.17) is 43.4 Å². The number of carbonyl (C=O) groups is 2. The summed E-state index contributed by atoms with van der Waals surface area (Å²) in [5.74, 6) is -0.0135. The number of nitrogen functional groups attached to an aromatic ring is 2. The summed E-state index contributed by atoms with van der Waals surface area (Å²) in [7, 11) is -2.95. The molecule has 23 nitrogen and oxygen atoms in total. The molecule has 27 heteroatoms. The number of aliphatic hydroxyl groups excluding tert-OH is 2. The number of carbonyl (C=O) groups excluding carboxylic acids is 2. The number of fused-ring (bicyclic) bond motifs is 3. The molecule has 0 spiro atoms. The minimum atomic E-state index is -3.10. The number of ether oxygens (including phenoxy) is 4. The van der Waals surface area contributed by atoms with Gasteiger partial charge in [0, 0.05) is 14.1 Å². The van der Waals surface area contributed by atoms with Crippen LogP contribution in [0.2, 0.25) is 22.2 Å². The Morgan fingerprint density at radius 2 is 1.19 bits per heavy atom. The van der Waals surface area contributed by atoms with E-state index in [2.05, 4.69) is 92.2 Å². The number of rotatable bonds is 17. The monoisotopic (exact) mass is 1090 g/mol. The van der Waals surface area contributed by atoms with Crippen LogP contribution in [0.15, 0.2) is 12.7 Å². The topological polar surface area (TPSA) is 285 Å². The van der Waals surface area contributed by atoms with Gasteiger partial charge in [0.25, 0.3) is 0 Å². The summed E-state index contributed by atoms with van der Waals surface area (Å²) < 4.78 is 79.0. The number of anilines is 4. The van der Waals surface area contributed by atoms with E-state index >= 15 is 8.78 Å². The molecule has 8 atom stereocenters. The lowest BCUT2D eigenvalue weighted by Crippen LogP contribution is -2.66. The fourth-order valence-electron chi connectivity index (χ4n) is 10.1. The van der Waals surface area contributed by atoms with Crippen molar-refractivity contribution in [1.82, 2.24) is 39.0 Å². The minimum absolute atomic E-state index is 0.0283. The summed E-state index contributed by atoms with van der Waals surface area (Å²) in [6.07, 6.45) is 0.0449. The van der Waals surface area contributed by atoms with Gasteiger partial charge in [-0.2, -0.15) is 19.9 Å². The van der Waals surface area contributed by atoms with Crippen LogP contribution in [0.3, 0.4) is 0 Å². The SMILES string of the molecule is CCCCCOC(=O)N(C)c1nc(N)nc2c1ncn2[C@@H]1O[C@@H]2CO[Si](C(C)C)(C(C)C)O[Si](C(C)C)(C(C)C)O[C@H]2[C@@]1(C)F.CCCCCOC(=O)N(C)c1nc(N)nc2c1ncn2[C@@H]1O[C@H](CO)[C@@H](O)[C@@]1(C)F. The van der Waals surface area contributed by atoms with Gasteiger partial charge in [-0.15, -0.1) is 0 Å². The number of unbranched alkanes of at least 4 members (excludes halogenated alkanes) is 4. The van der Waals surface area contributed by atoms with Gasteiger partial charge in [-0.25, -0.2) is 28.3 Å². The fourth-order valence-corrected chi connectivity index (χ4v) is 21.3. The Kier molecular flexibility index (Phi) is 18.9. The van der Waals surface area contributed by atoms with E-state index in [-0.39, 0.29) is 87.8 Å². The number of imidazole rings is 2. The van der Waals surface area contributed by atoms with Crippen LogP contribution in [0.25, 0.3) is 22.3 Å². The maximum absolute atomic E-state index is 17.4. The first kappa shape index (κ1) is 59.5. The van der Waals surface area contributed by atoms with Crippen LogP contribution in [-0.2, 0) is 31.9 Å². The van der Waals surface area contributed by atoms with E-state index in [0.29, 0.717) is 0 Å². The van der Waals surface area contributed by atoms with Crippen molar-refractivity contribution in [2.45, 2.75) is 192 Å². The molecule has 0 radical (unpaired) electrons.